The highest BCUT2D eigenvalue weighted by atomic mass is 16.7. The summed E-state index contributed by atoms with van der Waals surface area (Å²) in [6, 6.07) is 8.96. The van der Waals surface area contributed by atoms with Crippen molar-refractivity contribution in [1.82, 2.24) is 5.32 Å². The van der Waals surface area contributed by atoms with Crippen LogP contribution >= 0.6 is 0 Å². The zero-order valence-electron chi connectivity index (χ0n) is 10.8. The Morgan fingerprint density at radius 2 is 1.88 bits per heavy atom. The summed E-state index contributed by atoms with van der Waals surface area (Å²) < 4.78 is 10.7. The van der Waals surface area contributed by atoms with Crippen LogP contribution in [0.1, 0.15) is 24.0 Å². The van der Waals surface area contributed by atoms with Gasteiger partial charge in [-0.3, -0.25) is 0 Å². The van der Waals surface area contributed by atoms with Crippen molar-refractivity contribution >= 4 is 0 Å². The van der Waals surface area contributed by atoms with Crippen LogP contribution in [0, 0.1) is 6.92 Å². The molecule has 2 rings (SSSR count). The van der Waals surface area contributed by atoms with Crippen molar-refractivity contribution < 1.29 is 9.47 Å². The van der Waals surface area contributed by atoms with Crippen molar-refractivity contribution in [3.05, 3.63) is 35.4 Å². The zero-order chi connectivity index (χ0) is 12.3. The van der Waals surface area contributed by atoms with Crippen LogP contribution in [0.3, 0.4) is 0 Å². The second-order valence-corrected chi connectivity index (χ2v) is 4.73. The molecule has 1 aliphatic carbocycles. The van der Waals surface area contributed by atoms with E-state index in [9.17, 15) is 0 Å². The standard InChI is InChI=1S/C14H21NO2/c1-11-6-4-5-7-12(11)10-15-13-8-14(9-13,16-2)17-3/h4-7,13,15H,8-10H2,1-3H3. The van der Waals surface area contributed by atoms with Gasteiger partial charge in [-0.1, -0.05) is 24.3 Å². The Morgan fingerprint density at radius 3 is 2.47 bits per heavy atom. The third-order valence-corrected chi connectivity index (χ3v) is 3.70. The Balaban J connectivity index is 1.80. The minimum Gasteiger partial charge on any atom is -0.353 e. The first-order valence-corrected chi connectivity index (χ1v) is 6.07. The van der Waals surface area contributed by atoms with Crippen LogP contribution in [-0.2, 0) is 16.0 Å². The maximum Gasteiger partial charge on any atom is 0.170 e. The molecule has 94 valence electrons. The van der Waals surface area contributed by atoms with E-state index in [1.807, 2.05) is 0 Å². The van der Waals surface area contributed by atoms with E-state index in [1.54, 1.807) is 14.2 Å². The van der Waals surface area contributed by atoms with Gasteiger partial charge in [0.25, 0.3) is 0 Å². The second-order valence-electron chi connectivity index (χ2n) is 4.73. The van der Waals surface area contributed by atoms with Crippen molar-refractivity contribution in [2.45, 2.75) is 38.1 Å². The van der Waals surface area contributed by atoms with Crippen LogP contribution in [0.2, 0.25) is 0 Å². The molecule has 1 N–H and O–H groups in total. The first-order chi connectivity index (χ1) is 8.19. The maximum absolute atomic E-state index is 5.37. The Morgan fingerprint density at radius 1 is 1.24 bits per heavy atom. The summed E-state index contributed by atoms with van der Waals surface area (Å²) in [4.78, 5) is 0. The van der Waals surface area contributed by atoms with Crippen LogP contribution in [0.4, 0.5) is 0 Å². The van der Waals surface area contributed by atoms with Gasteiger partial charge in [-0.25, -0.2) is 0 Å². The van der Waals surface area contributed by atoms with Crippen molar-refractivity contribution in [3.8, 4) is 0 Å². The van der Waals surface area contributed by atoms with E-state index in [4.69, 9.17) is 9.47 Å². The molecule has 0 amide bonds. The van der Waals surface area contributed by atoms with E-state index in [0.717, 1.165) is 19.4 Å². The fraction of sp³-hybridized carbons (Fsp3) is 0.571. The molecule has 0 spiro atoms. The van der Waals surface area contributed by atoms with Gasteiger partial charge in [0.05, 0.1) is 0 Å². The molecule has 3 heteroatoms. The molecule has 0 bridgehead atoms. The highest BCUT2D eigenvalue weighted by molar-refractivity contribution is 5.25. The molecular weight excluding hydrogens is 214 g/mol. The Hall–Kier alpha value is -0.900. The van der Waals surface area contributed by atoms with Crippen molar-refractivity contribution in [1.29, 1.82) is 0 Å². The first kappa shape index (κ1) is 12.6. The summed E-state index contributed by atoms with van der Waals surface area (Å²) in [5.41, 5.74) is 2.70. The molecular formula is C14H21NO2. The summed E-state index contributed by atoms with van der Waals surface area (Å²) in [5.74, 6) is -0.344. The van der Waals surface area contributed by atoms with Gasteiger partial charge >= 0.3 is 0 Å². The number of nitrogens with one attached hydrogen (secondary N) is 1. The van der Waals surface area contributed by atoms with E-state index in [-0.39, 0.29) is 5.79 Å². The smallest absolute Gasteiger partial charge is 0.170 e. The first-order valence-electron chi connectivity index (χ1n) is 6.07. The van der Waals surface area contributed by atoms with Crippen LogP contribution in [0.5, 0.6) is 0 Å². The Bertz CT molecular complexity index is 366. The third-order valence-electron chi connectivity index (χ3n) is 3.70. The van der Waals surface area contributed by atoms with Gasteiger partial charge in [0.1, 0.15) is 0 Å². The fourth-order valence-electron chi connectivity index (χ4n) is 2.31. The minimum absolute atomic E-state index is 0.344. The number of hydrogen-bond donors (Lipinski definition) is 1. The molecule has 1 aromatic carbocycles. The van der Waals surface area contributed by atoms with Gasteiger partial charge in [-0.15, -0.1) is 0 Å². The summed E-state index contributed by atoms with van der Waals surface area (Å²) >= 11 is 0. The number of rotatable bonds is 5. The highest BCUT2D eigenvalue weighted by Crippen LogP contribution is 2.36. The lowest BCUT2D eigenvalue weighted by Gasteiger charge is -2.45. The lowest BCUT2D eigenvalue weighted by molar-refractivity contribution is -0.259. The molecule has 1 fully saturated rings. The number of hydrogen-bond acceptors (Lipinski definition) is 3. The van der Waals surface area contributed by atoms with Gasteiger partial charge in [-0.2, -0.15) is 0 Å². The van der Waals surface area contributed by atoms with Crippen molar-refractivity contribution in [2.75, 3.05) is 14.2 Å². The number of aryl methyl sites for hydroxylation is 1. The Kier molecular flexibility index (Phi) is 3.82. The molecule has 17 heavy (non-hydrogen) atoms. The van der Waals surface area contributed by atoms with Gasteiger partial charge < -0.3 is 14.8 Å². The van der Waals surface area contributed by atoms with E-state index in [0.29, 0.717) is 6.04 Å². The van der Waals surface area contributed by atoms with E-state index in [2.05, 4.69) is 36.5 Å². The predicted octanol–water partition coefficient (Wildman–Crippen LogP) is 2.24. The molecule has 0 unspecified atom stereocenters. The van der Waals surface area contributed by atoms with Crippen LogP contribution in [-0.4, -0.2) is 26.0 Å². The van der Waals surface area contributed by atoms with Crippen LogP contribution in [0.15, 0.2) is 24.3 Å². The molecule has 0 heterocycles. The lowest BCUT2D eigenvalue weighted by Crippen LogP contribution is -2.55. The number of ether oxygens (including phenoxy) is 2. The molecule has 0 aromatic heterocycles. The minimum atomic E-state index is -0.344. The topological polar surface area (TPSA) is 30.5 Å². The van der Waals surface area contributed by atoms with Gasteiger partial charge in [0, 0.05) is 39.6 Å². The average Bonchev–Trinajstić information content (AvgIpc) is 2.30. The third kappa shape index (κ3) is 2.68. The largest absolute Gasteiger partial charge is 0.353 e. The van der Waals surface area contributed by atoms with Gasteiger partial charge in [0.15, 0.2) is 5.79 Å². The number of benzene rings is 1. The maximum atomic E-state index is 5.37. The molecule has 0 aliphatic heterocycles. The van der Waals surface area contributed by atoms with Crippen LogP contribution in [0.25, 0.3) is 0 Å². The molecule has 1 saturated carbocycles. The molecule has 0 atom stereocenters. The van der Waals surface area contributed by atoms with Crippen LogP contribution < -0.4 is 5.32 Å². The van der Waals surface area contributed by atoms with E-state index in [1.165, 1.54) is 11.1 Å². The Labute approximate surface area is 103 Å². The lowest BCUT2D eigenvalue weighted by atomic mass is 9.85. The molecule has 1 aliphatic rings. The highest BCUT2D eigenvalue weighted by Gasteiger charge is 2.44. The molecule has 3 nitrogen and oxygen atoms in total. The predicted molar refractivity (Wildman–Crippen MR) is 67.8 cm³/mol. The summed E-state index contributed by atoms with van der Waals surface area (Å²) in [7, 11) is 3.42. The van der Waals surface area contributed by atoms with Gasteiger partial charge in [-0.05, 0) is 18.1 Å². The fourth-order valence-corrected chi connectivity index (χ4v) is 2.31. The average molecular weight is 235 g/mol. The van der Waals surface area contributed by atoms with E-state index < -0.39 is 0 Å². The quantitative estimate of drug-likeness (QED) is 0.794. The van der Waals surface area contributed by atoms with Gasteiger partial charge in [0.2, 0.25) is 0 Å². The normalized spacial score (nSPS) is 19.0. The number of methoxy groups -OCH3 is 2. The second kappa shape index (κ2) is 5.17. The molecule has 1 aromatic rings. The molecule has 0 saturated heterocycles. The summed E-state index contributed by atoms with van der Waals surface area (Å²) in [6.07, 6.45) is 1.85. The monoisotopic (exact) mass is 235 g/mol. The summed E-state index contributed by atoms with van der Waals surface area (Å²) in [6.45, 7) is 3.06. The summed E-state index contributed by atoms with van der Waals surface area (Å²) in [5, 5.41) is 3.54. The van der Waals surface area contributed by atoms with Crippen molar-refractivity contribution in [2.24, 2.45) is 0 Å². The molecule has 0 radical (unpaired) electrons. The zero-order valence-corrected chi connectivity index (χ0v) is 10.8. The SMILES string of the molecule is COC1(OC)CC(NCc2ccccc2C)C1. The van der Waals surface area contributed by atoms with E-state index >= 15 is 0 Å². The van der Waals surface area contributed by atoms with Crippen molar-refractivity contribution in [3.63, 3.8) is 0 Å².